The number of halogens is 1. The maximum atomic E-state index is 11.3. The van der Waals surface area contributed by atoms with Crippen molar-refractivity contribution in [3.8, 4) is 0 Å². The highest BCUT2D eigenvalue weighted by Crippen LogP contribution is 2.24. The van der Waals surface area contributed by atoms with E-state index in [4.69, 9.17) is 5.84 Å². The van der Waals surface area contributed by atoms with Gasteiger partial charge in [-0.25, -0.2) is 0 Å². The van der Waals surface area contributed by atoms with Crippen LogP contribution in [0.4, 0.5) is 5.69 Å². The lowest BCUT2D eigenvalue weighted by molar-refractivity contribution is 0.0994. The van der Waals surface area contributed by atoms with Crippen molar-refractivity contribution < 1.29 is 4.79 Å². The number of fused-ring (bicyclic) bond motifs is 1. The molecule has 0 heterocycles. The normalized spacial score (nSPS) is 13.5. The van der Waals surface area contributed by atoms with Crippen LogP contribution in [-0.2, 0) is 6.42 Å². The van der Waals surface area contributed by atoms with Crippen LogP contribution in [0, 0.1) is 0 Å². The van der Waals surface area contributed by atoms with E-state index in [2.05, 4.69) is 5.43 Å². The summed E-state index contributed by atoms with van der Waals surface area (Å²) in [5.41, 5.74) is 5.28. The molecule has 4 heteroatoms. The number of carbonyl (C=O) groups is 1. The largest absolute Gasteiger partial charge is 0.324 e. The zero-order chi connectivity index (χ0) is 8.55. The Balaban J connectivity index is 0.000000845. The van der Waals surface area contributed by atoms with E-state index in [1.54, 1.807) is 0 Å². The van der Waals surface area contributed by atoms with Gasteiger partial charge in [0.05, 0.1) is 0 Å². The van der Waals surface area contributed by atoms with E-state index in [-0.39, 0.29) is 18.2 Å². The number of Topliss-reactive ketones (excluding diaryl/α,β-unsaturated/α-hetero) is 1. The number of hydrogen-bond acceptors (Lipinski definition) is 3. The first-order valence-corrected chi connectivity index (χ1v) is 3.94. The molecule has 1 aromatic carbocycles. The van der Waals surface area contributed by atoms with Crippen LogP contribution in [0.2, 0.25) is 0 Å². The van der Waals surface area contributed by atoms with Gasteiger partial charge in [-0.2, -0.15) is 0 Å². The molecule has 1 aromatic rings. The van der Waals surface area contributed by atoms with Gasteiger partial charge in [-0.15, -0.1) is 12.4 Å². The summed E-state index contributed by atoms with van der Waals surface area (Å²) >= 11 is 0. The molecule has 0 atom stereocenters. The number of nitrogens with one attached hydrogen (secondary N) is 1. The smallest absolute Gasteiger partial charge is 0.163 e. The summed E-state index contributed by atoms with van der Waals surface area (Å²) in [5.74, 6) is 5.45. The number of hydrogen-bond donors (Lipinski definition) is 2. The predicted molar refractivity (Wildman–Crippen MR) is 54.2 cm³/mol. The first-order chi connectivity index (χ1) is 5.81. The van der Waals surface area contributed by atoms with Gasteiger partial charge >= 0.3 is 0 Å². The number of aryl methyl sites for hydroxylation is 1. The van der Waals surface area contributed by atoms with Gasteiger partial charge in [-0.3, -0.25) is 10.6 Å². The summed E-state index contributed by atoms with van der Waals surface area (Å²) in [6.45, 7) is 0. The quantitative estimate of drug-likeness (QED) is 0.532. The Morgan fingerprint density at radius 2 is 2.08 bits per heavy atom. The Labute approximate surface area is 82.7 Å². The van der Waals surface area contributed by atoms with Crippen molar-refractivity contribution in [3.63, 3.8) is 0 Å². The minimum Gasteiger partial charge on any atom is -0.324 e. The van der Waals surface area contributed by atoms with Gasteiger partial charge in [0.15, 0.2) is 5.78 Å². The SMILES string of the molecule is Cl.NNc1ccc2c(c1)C(=O)CC2. The van der Waals surface area contributed by atoms with Crippen molar-refractivity contribution in [2.45, 2.75) is 12.8 Å². The number of nitrogens with two attached hydrogens (primary N) is 1. The number of ketones is 1. The van der Waals surface area contributed by atoms with E-state index in [9.17, 15) is 4.79 Å². The fraction of sp³-hybridized carbons (Fsp3) is 0.222. The minimum atomic E-state index is 0. The number of hydrazine groups is 1. The van der Waals surface area contributed by atoms with Crippen LogP contribution >= 0.6 is 12.4 Å². The summed E-state index contributed by atoms with van der Waals surface area (Å²) in [6.07, 6.45) is 1.52. The molecule has 2 rings (SSSR count). The van der Waals surface area contributed by atoms with Crippen LogP contribution in [-0.4, -0.2) is 5.78 Å². The number of anilines is 1. The molecule has 0 amide bonds. The summed E-state index contributed by atoms with van der Waals surface area (Å²) in [4.78, 5) is 11.3. The van der Waals surface area contributed by atoms with E-state index in [1.165, 1.54) is 0 Å². The molecule has 1 aliphatic carbocycles. The van der Waals surface area contributed by atoms with E-state index >= 15 is 0 Å². The average Bonchev–Trinajstić information content (AvgIpc) is 2.47. The lowest BCUT2D eigenvalue weighted by Gasteiger charge is -2.01. The molecular formula is C9H11ClN2O. The van der Waals surface area contributed by atoms with Gasteiger partial charge in [0, 0.05) is 17.7 Å². The molecule has 13 heavy (non-hydrogen) atoms. The molecule has 0 aromatic heterocycles. The molecule has 0 bridgehead atoms. The van der Waals surface area contributed by atoms with Gasteiger partial charge in [0.1, 0.15) is 0 Å². The van der Waals surface area contributed by atoms with Gasteiger partial charge in [0.2, 0.25) is 0 Å². The lowest BCUT2D eigenvalue weighted by atomic mass is 10.1. The second-order valence-electron chi connectivity index (χ2n) is 2.94. The zero-order valence-electron chi connectivity index (χ0n) is 7.04. The third-order valence-corrected chi connectivity index (χ3v) is 2.20. The Morgan fingerprint density at radius 1 is 1.31 bits per heavy atom. The Hall–Kier alpha value is -1.06. The monoisotopic (exact) mass is 198 g/mol. The Bertz CT molecular complexity index is 338. The number of nitrogen functional groups attached to an aromatic ring is 1. The van der Waals surface area contributed by atoms with Crippen molar-refractivity contribution in [2.24, 2.45) is 5.84 Å². The molecule has 0 fully saturated rings. The topological polar surface area (TPSA) is 55.1 Å². The molecule has 1 aliphatic rings. The first-order valence-electron chi connectivity index (χ1n) is 3.94. The third-order valence-electron chi connectivity index (χ3n) is 2.20. The fourth-order valence-corrected chi connectivity index (χ4v) is 1.53. The summed E-state index contributed by atoms with van der Waals surface area (Å²) in [5, 5.41) is 0. The highest BCUT2D eigenvalue weighted by atomic mass is 35.5. The zero-order valence-corrected chi connectivity index (χ0v) is 7.86. The number of rotatable bonds is 1. The summed E-state index contributed by atoms with van der Waals surface area (Å²) in [6, 6.07) is 5.65. The minimum absolute atomic E-state index is 0. The van der Waals surface area contributed by atoms with Crippen LogP contribution in [0.5, 0.6) is 0 Å². The molecule has 3 N–H and O–H groups in total. The Morgan fingerprint density at radius 3 is 2.77 bits per heavy atom. The highest BCUT2D eigenvalue weighted by molar-refractivity contribution is 6.01. The van der Waals surface area contributed by atoms with Crippen LogP contribution in [0.25, 0.3) is 0 Å². The summed E-state index contributed by atoms with van der Waals surface area (Å²) < 4.78 is 0. The first kappa shape index (κ1) is 10.0. The molecule has 0 radical (unpaired) electrons. The van der Waals surface area contributed by atoms with Gasteiger partial charge in [0.25, 0.3) is 0 Å². The van der Waals surface area contributed by atoms with E-state index in [0.717, 1.165) is 23.2 Å². The van der Waals surface area contributed by atoms with Crippen molar-refractivity contribution in [2.75, 3.05) is 5.43 Å². The van der Waals surface area contributed by atoms with Crippen molar-refractivity contribution in [3.05, 3.63) is 29.3 Å². The van der Waals surface area contributed by atoms with Gasteiger partial charge in [-0.05, 0) is 24.1 Å². The molecule has 0 saturated heterocycles. The van der Waals surface area contributed by atoms with Crippen molar-refractivity contribution in [1.29, 1.82) is 0 Å². The van der Waals surface area contributed by atoms with Gasteiger partial charge < -0.3 is 5.43 Å². The number of carbonyl (C=O) groups excluding carboxylic acids is 1. The number of benzene rings is 1. The molecule has 0 saturated carbocycles. The second kappa shape index (κ2) is 3.77. The molecular weight excluding hydrogens is 188 g/mol. The molecule has 0 aliphatic heterocycles. The Kier molecular flexibility index (Phi) is 2.90. The third kappa shape index (κ3) is 1.66. The van der Waals surface area contributed by atoms with Crippen molar-refractivity contribution in [1.82, 2.24) is 0 Å². The lowest BCUT2D eigenvalue weighted by Crippen LogP contribution is -2.07. The van der Waals surface area contributed by atoms with E-state index in [0.29, 0.717) is 6.42 Å². The predicted octanol–water partition coefficient (Wildman–Crippen LogP) is 1.52. The van der Waals surface area contributed by atoms with E-state index in [1.807, 2.05) is 18.2 Å². The second-order valence-corrected chi connectivity index (χ2v) is 2.94. The van der Waals surface area contributed by atoms with Crippen LogP contribution in [0.1, 0.15) is 22.3 Å². The van der Waals surface area contributed by atoms with Crippen molar-refractivity contribution >= 4 is 23.9 Å². The molecule has 0 spiro atoms. The molecule has 70 valence electrons. The van der Waals surface area contributed by atoms with Crippen LogP contribution < -0.4 is 11.3 Å². The van der Waals surface area contributed by atoms with E-state index < -0.39 is 0 Å². The molecule has 0 unspecified atom stereocenters. The maximum Gasteiger partial charge on any atom is 0.163 e. The van der Waals surface area contributed by atoms with Crippen LogP contribution in [0.15, 0.2) is 18.2 Å². The average molecular weight is 199 g/mol. The van der Waals surface area contributed by atoms with Crippen LogP contribution in [0.3, 0.4) is 0 Å². The maximum absolute atomic E-state index is 11.3. The highest BCUT2D eigenvalue weighted by Gasteiger charge is 2.18. The van der Waals surface area contributed by atoms with Gasteiger partial charge in [-0.1, -0.05) is 6.07 Å². The molecule has 3 nitrogen and oxygen atoms in total. The summed E-state index contributed by atoms with van der Waals surface area (Å²) in [7, 11) is 0. The standard InChI is InChI=1S/C9H10N2O.ClH/c10-11-7-3-1-6-2-4-9(12)8(6)5-7;/h1,3,5,11H,2,4,10H2;1H. The fourth-order valence-electron chi connectivity index (χ4n) is 1.53.